The van der Waals surface area contributed by atoms with Gasteiger partial charge in [-0.3, -0.25) is 9.59 Å². The average molecular weight is 494 g/mol. The van der Waals surface area contributed by atoms with E-state index < -0.39 is 53.9 Å². The van der Waals surface area contributed by atoms with Crippen molar-refractivity contribution in [2.45, 2.75) is 89.6 Å². The SMILES string of the molecule is CCCCCCCCCCN(C)C(=O)[C@@H]1OC(C(=O)OC(=O)C(F)(F)F)=C[C@H](N)[C@H]1NC(C)=O. The van der Waals surface area contributed by atoms with Gasteiger partial charge in [-0.15, -0.1) is 0 Å². The largest absolute Gasteiger partial charge is 0.491 e. The van der Waals surface area contributed by atoms with Crippen LogP contribution in [0.4, 0.5) is 13.2 Å². The van der Waals surface area contributed by atoms with Crippen LogP contribution in [0.3, 0.4) is 0 Å². The maximum atomic E-state index is 13.0. The van der Waals surface area contributed by atoms with Crippen molar-refractivity contribution in [2.24, 2.45) is 5.73 Å². The fourth-order valence-corrected chi connectivity index (χ4v) is 3.46. The summed E-state index contributed by atoms with van der Waals surface area (Å²) in [5, 5.41) is 2.46. The number of carbonyl (C=O) groups is 4. The molecule has 0 unspecified atom stereocenters. The molecule has 0 fully saturated rings. The number of hydrogen-bond donors (Lipinski definition) is 2. The molecule has 0 spiro atoms. The van der Waals surface area contributed by atoms with Crippen molar-refractivity contribution in [1.29, 1.82) is 0 Å². The zero-order valence-corrected chi connectivity index (χ0v) is 19.8. The van der Waals surface area contributed by atoms with Gasteiger partial charge in [-0.1, -0.05) is 51.9 Å². The Bertz CT molecular complexity index is 757. The van der Waals surface area contributed by atoms with E-state index in [4.69, 9.17) is 10.5 Å². The van der Waals surface area contributed by atoms with Gasteiger partial charge in [0.1, 0.15) is 0 Å². The molecule has 0 aromatic carbocycles. The Labute approximate surface area is 197 Å². The molecule has 194 valence electrons. The number of carbonyl (C=O) groups excluding carboxylic acids is 4. The summed E-state index contributed by atoms with van der Waals surface area (Å²) in [7, 11) is 1.51. The summed E-state index contributed by atoms with van der Waals surface area (Å²) in [5.41, 5.74) is 5.93. The molecule has 1 aliphatic rings. The molecule has 1 rings (SSSR count). The summed E-state index contributed by atoms with van der Waals surface area (Å²) in [6.45, 7) is 3.70. The number of alkyl halides is 3. The summed E-state index contributed by atoms with van der Waals surface area (Å²) in [6.07, 6.45) is 2.51. The minimum Gasteiger partial charge on any atom is -0.471 e. The molecule has 1 aliphatic heterocycles. The molecule has 12 heteroatoms. The molecule has 1 heterocycles. The van der Waals surface area contributed by atoms with Gasteiger partial charge in [0, 0.05) is 20.5 Å². The number of nitrogens with zero attached hydrogens (tertiary/aromatic N) is 1. The standard InChI is InChI=1S/C22H34F3N3O6/c1-4-5-6-7-8-9-10-11-12-28(3)19(30)18-17(27-14(2)29)15(26)13-16(33-18)20(31)34-21(32)22(23,24)25/h13,15,17-18H,4-12,26H2,1-3H3,(H,27,29)/t15-,17+,18+/m0/s1. The van der Waals surface area contributed by atoms with Gasteiger partial charge >= 0.3 is 18.1 Å². The Morgan fingerprint density at radius 3 is 2.18 bits per heavy atom. The number of hydrogen-bond acceptors (Lipinski definition) is 7. The van der Waals surface area contributed by atoms with E-state index in [-0.39, 0.29) is 0 Å². The molecular formula is C22H34F3N3O6. The maximum absolute atomic E-state index is 13.0. The summed E-state index contributed by atoms with van der Waals surface area (Å²) >= 11 is 0. The second-order valence-corrected chi connectivity index (χ2v) is 8.28. The van der Waals surface area contributed by atoms with Crippen LogP contribution < -0.4 is 11.1 Å². The molecule has 0 aliphatic carbocycles. The first-order chi connectivity index (χ1) is 15.9. The molecular weight excluding hydrogens is 459 g/mol. The molecule has 0 bridgehead atoms. The highest BCUT2D eigenvalue weighted by Crippen LogP contribution is 2.23. The fourth-order valence-electron chi connectivity index (χ4n) is 3.46. The Balaban J connectivity index is 2.78. The third-order valence-corrected chi connectivity index (χ3v) is 5.29. The Kier molecular flexibility index (Phi) is 12.0. The minimum atomic E-state index is -5.39. The number of ether oxygens (including phenoxy) is 2. The first-order valence-electron chi connectivity index (χ1n) is 11.4. The minimum absolute atomic E-state index is 0.367. The monoisotopic (exact) mass is 493 g/mol. The highest BCUT2D eigenvalue weighted by molar-refractivity contribution is 5.97. The molecule has 3 N–H and O–H groups in total. The molecule has 0 aromatic heterocycles. The highest BCUT2D eigenvalue weighted by atomic mass is 19.4. The van der Waals surface area contributed by atoms with E-state index in [0.29, 0.717) is 13.0 Å². The molecule has 9 nitrogen and oxygen atoms in total. The first-order valence-corrected chi connectivity index (χ1v) is 11.4. The molecule has 3 atom stereocenters. The van der Waals surface area contributed by atoms with E-state index in [2.05, 4.69) is 17.0 Å². The van der Waals surface area contributed by atoms with Gasteiger partial charge in [0.2, 0.25) is 11.7 Å². The van der Waals surface area contributed by atoms with E-state index in [9.17, 15) is 32.3 Å². The van der Waals surface area contributed by atoms with Crippen molar-refractivity contribution < 1.29 is 41.8 Å². The topological polar surface area (TPSA) is 128 Å². The fraction of sp³-hybridized carbons (Fsp3) is 0.727. The number of amides is 2. The Morgan fingerprint density at radius 1 is 1.09 bits per heavy atom. The number of rotatable bonds is 12. The van der Waals surface area contributed by atoms with Crippen LogP contribution in [0.5, 0.6) is 0 Å². The van der Waals surface area contributed by atoms with Gasteiger partial charge in [0.25, 0.3) is 5.91 Å². The third-order valence-electron chi connectivity index (χ3n) is 5.29. The number of esters is 2. The van der Waals surface area contributed by atoms with E-state index in [1.54, 1.807) is 0 Å². The maximum Gasteiger partial charge on any atom is 0.491 e. The van der Waals surface area contributed by atoms with Crippen LogP contribution in [0, 0.1) is 0 Å². The average Bonchev–Trinajstić information content (AvgIpc) is 2.75. The van der Waals surface area contributed by atoms with Crippen molar-refractivity contribution in [1.82, 2.24) is 10.2 Å². The van der Waals surface area contributed by atoms with Gasteiger partial charge in [-0.2, -0.15) is 13.2 Å². The zero-order chi connectivity index (χ0) is 25.9. The quantitative estimate of drug-likeness (QED) is 0.243. The van der Waals surface area contributed by atoms with Crippen LogP contribution in [0.15, 0.2) is 11.8 Å². The summed E-state index contributed by atoms with van der Waals surface area (Å²) in [5.74, 6) is -6.43. The van der Waals surface area contributed by atoms with E-state index >= 15 is 0 Å². The van der Waals surface area contributed by atoms with Crippen LogP contribution in [0.2, 0.25) is 0 Å². The van der Waals surface area contributed by atoms with E-state index in [0.717, 1.165) is 31.8 Å². The van der Waals surface area contributed by atoms with Gasteiger partial charge in [-0.25, -0.2) is 9.59 Å². The van der Waals surface area contributed by atoms with Gasteiger partial charge in [-0.05, 0) is 12.5 Å². The van der Waals surface area contributed by atoms with Gasteiger partial charge < -0.3 is 25.4 Å². The normalized spacial score (nSPS) is 20.1. The van der Waals surface area contributed by atoms with Crippen molar-refractivity contribution in [3.05, 3.63) is 11.8 Å². The molecule has 34 heavy (non-hydrogen) atoms. The molecule has 0 saturated carbocycles. The van der Waals surface area contributed by atoms with Gasteiger partial charge in [0.05, 0.1) is 12.1 Å². The lowest BCUT2D eigenvalue weighted by Gasteiger charge is -2.36. The van der Waals surface area contributed by atoms with Crippen LogP contribution >= 0.6 is 0 Å². The smallest absolute Gasteiger partial charge is 0.471 e. The zero-order valence-electron chi connectivity index (χ0n) is 19.8. The molecule has 0 radical (unpaired) electrons. The van der Waals surface area contributed by atoms with Crippen LogP contribution in [0.1, 0.15) is 65.2 Å². The van der Waals surface area contributed by atoms with Crippen LogP contribution in [0.25, 0.3) is 0 Å². The lowest BCUT2D eigenvalue weighted by molar-refractivity contribution is -0.202. The summed E-state index contributed by atoms with van der Waals surface area (Å²) in [4.78, 5) is 48.9. The Morgan fingerprint density at radius 2 is 1.65 bits per heavy atom. The first kappa shape index (κ1) is 29.4. The van der Waals surface area contributed by atoms with Gasteiger partial charge in [0.15, 0.2) is 6.10 Å². The van der Waals surface area contributed by atoms with Crippen molar-refractivity contribution in [3.8, 4) is 0 Å². The summed E-state index contributed by atoms with van der Waals surface area (Å²) in [6, 6.07) is -2.24. The van der Waals surface area contributed by atoms with Crippen molar-refractivity contribution in [3.63, 3.8) is 0 Å². The van der Waals surface area contributed by atoms with Crippen molar-refractivity contribution >= 4 is 23.8 Å². The molecule has 0 aromatic rings. The predicted octanol–water partition coefficient (Wildman–Crippen LogP) is 2.33. The summed E-state index contributed by atoms with van der Waals surface area (Å²) < 4.78 is 46.3. The van der Waals surface area contributed by atoms with Crippen molar-refractivity contribution in [2.75, 3.05) is 13.6 Å². The van der Waals surface area contributed by atoms with E-state index in [1.165, 1.54) is 38.1 Å². The third kappa shape index (κ3) is 9.70. The van der Waals surface area contributed by atoms with Crippen LogP contribution in [-0.2, 0) is 28.7 Å². The highest BCUT2D eigenvalue weighted by Gasteiger charge is 2.45. The van der Waals surface area contributed by atoms with E-state index in [1.807, 2.05) is 0 Å². The number of nitrogens with two attached hydrogens (primary N) is 1. The lowest BCUT2D eigenvalue weighted by Crippen LogP contribution is -2.61. The molecule has 0 saturated heterocycles. The number of unbranched alkanes of at least 4 members (excludes halogenated alkanes) is 7. The Hall–Kier alpha value is -2.63. The number of nitrogens with one attached hydrogen (secondary N) is 1. The van der Waals surface area contributed by atoms with Crippen LogP contribution in [-0.4, -0.2) is 66.6 Å². The second-order valence-electron chi connectivity index (χ2n) is 8.28. The lowest BCUT2D eigenvalue weighted by atomic mass is 9.97. The molecule has 2 amide bonds. The predicted molar refractivity (Wildman–Crippen MR) is 116 cm³/mol. The number of halogens is 3. The number of likely N-dealkylation sites (N-methyl/N-ethyl adjacent to an activating group) is 1. The second kappa shape index (κ2) is 13.9.